The van der Waals surface area contributed by atoms with Crippen LogP contribution in [0.3, 0.4) is 0 Å². The average molecular weight is 437 g/mol. The first kappa shape index (κ1) is 20.5. The quantitative estimate of drug-likeness (QED) is 0.300. The Morgan fingerprint density at radius 2 is 1.30 bits per heavy atom. The number of benzene rings is 4. The fraction of sp³-hybridized carbons (Fsp3) is 0.214. The Kier molecular flexibility index (Phi) is 4.29. The molecule has 0 N–H and O–H groups in total. The van der Waals surface area contributed by atoms with Crippen LogP contribution in [-0.2, 0) is 9.31 Å². The third kappa shape index (κ3) is 2.96. The van der Waals surface area contributed by atoms with Crippen LogP contribution < -0.4 is 5.46 Å². The first-order valence-electron chi connectivity index (χ1n) is 11.3. The van der Waals surface area contributed by atoms with Gasteiger partial charge < -0.3 is 13.9 Å². The summed E-state index contributed by atoms with van der Waals surface area (Å²) in [5.74, 6) is -0.215. The summed E-state index contributed by atoms with van der Waals surface area (Å²) < 4.78 is 29.5. The maximum Gasteiger partial charge on any atom is 0.494 e. The summed E-state index contributed by atoms with van der Waals surface area (Å²) in [6.07, 6.45) is 0. The van der Waals surface area contributed by atoms with Crippen molar-refractivity contribution in [3.63, 3.8) is 0 Å². The maximum atomic E-state index is 14.6. The number of aromatic nitrogens is 1. The van der Waals surface area contributed by atoms with Gasteiger partial charge in [0.1, 0.15) is 5.82 Å². The molecule has 2 heterocycles. The fourth-order valence-electron chi connectivity index (χ4n) is 4.82. The molecule has 1 saturated heterocycles. The van der Waals surface area contributed by atoms with Gasteiger partial charge in [-0.2, -0.15) is 0 Å². The highest BCUT2D eigenvalue weighted by molar-refractivity contribution is 6.62. The first-order valence-corrected chi connectivity index (χ1v) is 11.3. The van der Waals surface area contributed by atoms with Crippen LogP contribution in [0.15, 0.2) is 78.9 Å². The normalized spacial score (nSPS) is 17.4. The van der Waals surface area contributed by atoms with E-state index in [1.165, 1.54) is 6.07 Å². The molecule has 1 aliphatic rings. The van der Waals surface area contributed by atoms with Gasteiger partial charge in [-0.3, -0.25) is 0 Å². The molecule has 3 nitrogen and oxygen atoms in total. The second-order valence-corrected chi connectivity index (χ2v) is 9.83. The summed E-state index contributed by atoms with van der Waals surface area (Å²) in [6, 6.07) is 25.8. The highest BCUT2D eigenvalue weighted by Crippen LogP contribution is 2.38. The van der Waals surface area contributed by atoms with E-state index in [9.17, 15) is 4.39 Å². The Morgan fingerprint density at radius 3 is 2.09 bits per heavy atom. The largest absolute Gasteiger partial charge is 0.494 e. The van der Waals surface area contributed by atoms with Crippen molar-refractivity contribution in [2.75, 3.05) is 0 Å². The number of hydrogen-bond acceptors (Lipinski definition) is 2. The first-order chi connectivity index (χ1) is 15.8. The lowest BCUT2D eigenvalue weighted by molar-refractivity contribution is 0.00578. The van der Waals surface area contributed by atoms with Gasteiger partial charge in [0.05, 0.1) is 27.9 Å². The molecule has 5 heteroatoms. The maximum absolute atomic E-state index is 14.6. The van der Waals surface area contributed by atoms with Gasteiger partial charge in [0.2, 0.25) is 0 Å². The van der Waals surface area contributed by atoms with Crippen molar-refractivity contribution in [3.8, 4) is 5.69 Å². The van der Waals surface area contributed by atoms with Crippen LogP contribution >= 0.6 is 0 Å². The molecule has 0 unspecified atom stereocenters. The molecular weight excluding hydrogens is 412 g/mol. The van der Waals surface area contributed by atoms with Crippen molar-refractivity contribution in [2.45, 2.75) is 38.9 Å². The van der Waals surface area contributed by atoms with Gasteiger partial charge in [0.15, 0.2) is 0 Å². The standard InChI is InChI=1S/C28H25BFNO2/c1-27(2)28(3,4)33-29(32-27)18-15-16-22-21-9-5-6-13-24(21)31(26(22)17-18)25-14-8-10-19-20(25)11-7-12-23(19)30/h5-17H,1-4H3. The van der Waals surface area contributed by atoms with Crippen LogP contribution in [0.1, 0.15) is 27.7 Å². The Morgan fingerprint density at radius 1 is 0.667 bits per heavy atom. The van der Waals surface area contributed by atoms with Crippen molar-refractivity contribution >= 4 is 45.2 Å². The third-order valence-corrected chi connectivity index (χ3v) is 7.31. The van der Waals surface area contributed by atoms with Gasteiger partial charge in [0.25, 0.3) is 0 Å². The van der Waals surface area contributed by atoms with Gasteiger partial charge in [-0.25, -0.2) is 4.39 Å². The Balaban J connectivity index is 1.64. The zero-order valence-corrected chi connectivity index (χ0v) is 19.2. The Hall–Kier alpha value is -3.15. The molecule has 0 atom stereocenters. The minimum atomic E-state index is -0.448. The van der Waals surface area contributed by atoms with Crippen molar-refractivity contribution < 1.29 is 13.7 Å². The van der Waals surface area contributed by atoms with E-state index in [0.717, 1.165) is 38.3 Å². The number of fused-ring (bicyclic) bond motifs is 4. The average Bonchev–Trinajstić information content (AvgIpc) is 3.23. The molecule has 0 saturated carbocycles. The minimum Gasteiger partial charge on any atom is -0.399 e. The molecule has 5 aromatic rings. The second kappa shape index (κ2) is 6.93. The van der Waals surface area contributed by atoms with E-state index >= 15 is 0 Å². The number of halogens is 1. The van der Waals surface area contributed by atoms with Crippen LogP contribution in [0.5, 0.6) is 0 Å². The molecule has 33 heavy (non-hydrogen) atoms. The van der Waals surface area contributed by atoms with Crippen LogP contribution in [0.2, 0.25) is 0 Å². The van der Waals surface area contributed by atoms with Crippen LogP contribution in [0, 0.1) is 5.82 Å². The predicted octanol–water partition coefficient (Wildman–Crippen LogP) is 6.38. The summed E-state index contributed by atoms with van der Waals surface area (Å²) in [4.78, 5) is 0. The van der Waals surface area contributed by atoms with E-state index < -0.39 is 18.3 Å². The fourth-order valence-corrected chi connectivity index (χ4v) is 4.82. The van der Waals surface area contributed by atoms with Gasteiger partial charge in [-0.1, -0.05) is 54.6 Å². The molecule has 0 spiro atoms. The summed E-state index contributed by atoms with van der Waals surface area (Å²) in [5, 5.41) is 3.78. The molecule has 1 fully saturated rings. The highest BCUT2D eigenvalue weighted by atomic mass is 19.1. The SMILES string of the molecule is CC1(C)OB(c2ccc3c4ccccc4n(-c4cccc5c(F)cccc45)c3c2)OC1(C)C. The van der Waals surface area contributed by atoms with Gasteiger partial charge in [-0.05, 0) is 57.4 Å². The molecule has 1 aliphatic heterocycles. The molecule has 164 valence electrons. The van der Waals surface area contributed by atoms with Crippen LogP contribution in [0.4, 0.5) is 4.39 Å². The summed E-state index contributed by atoms with van der Waals surface area (Å²) >= 11 is 0. The lowest BCUT2D eigenvalue weighted by Gasteiger charge is -2.32. The summed E-state index contributed by atoms with van der Waals surface area (Å²) in [5.41, 5.74) is 3.22. The second-order valence-electron chi connectivity index (χ2n) is 9.83. The van der Waals surface area contributed by atoms with E-state index in [1.54, 1.807) is 6.07 Å². The zero-order chi connectivity index (χ0) is 23.0. The van der Waals surface area contributed by atoms with Crippen molar-refractivity contribution in [3.05, 3.63) is 84.7 Å². The number of nitrogens with zero attached hydrogens (tertiary/aromatic N) is 1. The monoisotopic (exact) mass is 437 g/mol. The smallest absolute Gasteiger partial charge is 0.399 e. The lowest BCUT2D eigenvalue weighted by atomic mass is 9.79. The van der Waals surface area contributed by atoms with Crippen molar-refractivity contribution in [2.24, 2.45) is 0 Å². The number of hydrogen-bond donors (Lipinski definition) is 0. The van der Waals surface area contributed by atoms with Gasteiger partial charge in [-0.15, -0.1) is 0 Å². The third-order valence-electron chi connectivity index (χ3n) is 7.31. The van der Waals surface area contributed by atoms with Crippen molar-refractivity contribution in [1.82, 2.24) is 4.57 Å². The molecule has 0 amide bonds. The summed E-state index contributed by atoms with van der Waals surface area (Å²) in [6.45, 7) is 8.25. The zero-order valence-electron chi connectivity index (χ0n) is 19.2. The van der Waals surface area contributed by atoms with E-state index in [1.807, 2.05) is 24.3 Å². The molecule has 1 aromatic heterocycles. The van der Waals surface area contributed by atoms with Crippen LogP contribution in [0.25, 0.3) is 38.3 Å². The molecule has 0 bridgehead atoms. The Bertz CT molecular complexity index is 1540. The lowest BCUT2D eigenvalue weighted by Crippen LogP contribution is -2.41. The van der Waals surface area contributed by atoms with E-state index in [2.05, 4.69) is 74.7 Å². The Labute approximate surface area is 192 Å². The number of para-hydroxylation sites is 1. The molecule has 6 rings (SSSR count). The topological polar surface area (TPSA) is 23.4 Å². The highest BCUT2D eigenvalue weighted by Gasteiger charge is 2.51. The van der Waals surface area contributed by atoms with E-state index in [4.69, 9.17) is 9.31 Å². The van der Waals surface area contributed by atoms with Crippen LogP contribution in [-0.4, -0.2) is 22.9 Å². The van der Waals surface area contributed by atoms with E-state index in [-0.39, 0.29) is 5.82 Å². The van der Waals surface area contributed by atoms with E-state index in [0.29, 0.717) is 5.39 Å². The van der Waals surface area contributed by atoms with Gasteiger partial charge in [0, 0.05) is 21.5 Å². The van der Waals surface area contributed by atoms with Crippen molar-refractivity contribution in [1.29, 1.82) is 0 Å². The molecular formula is C28H25BFNO2. The van der Waals surface area contributed by atoms with Gasteiger partial charge >= 0.3 is 7.12 Å². The molecule has 0 aliphatic carbocycles. The number of rotatable bonds is 2. The minimum absolute atomic E-state index is 0.215. The molecule has 0 radical (unpaired) electrons. The summed E-state index contributed by atoms with van der Waals surface area (Å²) in [7, 11) is -0.448. The molecule has 4 aromatic carbocycles. The predicted molar refractivity (Wildman–Crippen MR) is 134 cm³/mol.